The Labute approximate surface area is 219 Å². The van der Waals surface area contributed by atoms with Gasteiger partial charge in [0.05, 0.1) is 12.2 Å². The highest BCUT2D eigenvalue weighted by molar-refractivity contribution is 7.54. The number of hydrogen-bond acceptors (Lipinski definition) is 11. The summed E-state index contributed by atoms with van der Waals surface area (Å²) in [6, 6.07) is -1.13. The molecule has 216 valence electrons. The van der Waals surface area contributed by atoms with E-state index in [2.05, 4.69) is 15.2 Å². The largest absolute Gasteiger partial charge is 0.462 e. The standard InChI is InChI=1S/C22H37FN5O9P/c1-12(2)35-18(29)14(5)26-38(33,27-15(6)19(30)36-13(3)4)34-11-22(23)21(7,32)10-17(37-22)28-9-8-16(24)25-20(28)31/h8-9,12-15,17,32H,10-11H2,1-7H3,(H2,24,25,31)(H2,26,27,33)/t14-,15-,17+,21-,22+/m0/s1. The molecule has 1 aliphatic rings. The summed E-state index contributed by atoms with van der Waals surface area (Å²) in [4.78, 5) is 40.4. The van der Waals surface area contributed by atoms with E-state index in [-0.39, 0.29) is 5.82 Å². The van der Waals surface area contributed by atoms with Crippen LogP contribution in [0.15, 0.2) is 17.1 Å². The lowest BCUT2D eigenvalue weighted by atomic mass is 9.96. The summed E-state index contributed by atoms with van der Waals surface area (Å²) >= 11 is 0. The van der Waals surface area contributed by atoms with Crippen LogP contribution in [0.3, 0.4) is 0 Å². The van der Waals surface area contributed by atoms with Crippen molar-refractivity contribution in [1.29, 1.82) is 0 Å². The van der Waals surface area contributed by atoms with Crippen molar-refractivity contribution >= 4 is 25.4 Å². The molecule has 0 bridgehead atoms. The second-order valence-electron chi connectivity index (χ2n) is 9.82. The highest BCUT2D eigenvalue weighted by Crippen LogP contribution is 2.48. The quantitative estimate of drug-likeness (QED) is 0.208. The van der Waals surface area contributed by atoms with Gasteiger partial charge in [-0.15, -0.1) is 0 Å². The topological polar surface area (TPSA) is 193 Å². The van der Waals surface area contributed by atoms with E-state index >= 15 is 4.39 Å². The van der Waals surface area contributed by atoms with E-state index in [9.17, 15) is 24.1 Å². The summed E-state index contributed by atoms with van der Waals surface area (Å²) < 4.78 is 51.6. The van der Waals surface area contributed by atoms with Crippen LogP contribution >= 0.6 is 7.67 Å². The fourth-order valence-electron chi connectivity index (χ4n) is 3.44. The Bertz CT molecular complexity index is 1080. The number of ether oxygens (including phenoxy) is 3. The molecule has 0 radical (unpaired) electrons. The number of nitrogens with zero attached hydrogens (tertiary/aromatic N) is 2. The second kappa shape index (κ2) is 12.2. The van der Waals surface area contributed by atoms with E-state index < -0.39 is 80.3 Å². The Morgan fingerprint density at radius 1 is 1.21 bits per heavy atom. The minimum absolute atomic E-state index is 0.0563. The molecule has 0 spiro atoms. The van der Waals surface area contributed by atoms with E-state index in [4.69, 9.17) is 24.5 Å². The van der Waals surface area contributed by atoms with Crippen molar-refractivity contribution in [2.45, 2.75) is 96.9 Å². The average Bonchev–Trinajstić information content (AvgIpc) is 3.00. The normalized spacial score (nSPS) is 25.4. The van der Waals surface area contributed by atoms with Gasteiger partial charge in [-0.05, 0) is 54.5 Å². The SMILES string of the molecule is CC(C)OC(=O)[C@H](C)NP(=O)(N[C@@H](C)C(=O)OC(C)C)OC[C@@]1(F)O[C@@H](n2ccc(N)nc2=O)C[C@]1(C)O. The lowest BCUT2D eigenvalue weighted by molar-refractivity contribution is -0.232. The molecular formula is C22H37FN5O9P. The van der Waals surface area contributed by atoms with E-state index in [1.54, 1.807) is 27.7 Å². The molecule has 1 aromatic rings. The Balaban J connectivity index is 2.28. The van der Waals surface area contributed by atoms with E-state index in [0.717, 1.165) is 11.5 Å². The summed E-state index contributed by atoms with van der Waals surface area (Å²) in [5.74, 6) is -4.59. The molecule has 1 aliphatic heterocycles. The lowest BCUT2D eigenvalue weighted by Gasteiger charge is -2.33. The summed E-state index contributed by atoms with van der Waals surface area (Å²) in [5.41, 5.74) is 2.44. The van der Waals surface area contributed by atoms with Gasteiger partial charge in [-0.1, -0.05) is 0 Å². The number of nitrogen functional groups attached to an aromatic ring is 1. The second-order valence-corrected chi connectivity index (χ2v) is 11.7. The van der Waals surface area contributed by atoms with Crippen LogP contribution in [0, 0.1) is 0 Å². The van der Waals surface area contributed by atoms with Crippen LogP contribution in [0.4, 0.5) is 10.2 Å². The zero-order chi connectivity index (χ0) is 29.1. The molecule has 0 saturated carbocycles. The first-order valence-corrected chi connectivity index (χ1v) is 13.7. The number of anilines is 1. The number of nitrogens with two attached hydrogens (primary N) is 1. The number of rotatable bonds is 12. The van der Waals surface area contributed by atoms with Crippen molar-refractivity contribution in [3.05, 3.63) is 22.7 Å². The van der Waals surface area contributed by atoms with Gasteiger partial charge in [0.25, 0.3) is 5.85 Å². The van der Waals surface area contributed by atoms with Crippen LogP contribution in [-0.4, -0.2) is 69.0 Å². The molecule has 16 heteroatoms. The monoisotopic (exact) mass is 565 g/mol. The molecule has 1 fully saturated rings. The van der Waals surface area contributed by atoms with Crippen molar-refractivity contribution in [3.63, 3.8) is 0 Å². The first kappa shape index (κ1) is 31.8. The summed E-state index contributed by atoms with van der Waals surface area (Å²) in [7, 11) is -4.42. The molecule has 0 unspecified atom stereocenters. The van der Waals surface area contributed by atoms with Gasteiger partial charge >= 0.3 is 25.3 Å². The van der Waals surface area contributed by atoms with Crippen LogP contribution in [-0.2, 0) is 32.9 Å². The van der Waals surface area contributed by atoms with Gasteiger partial charge in [0.2, 0.25) is 0 Å². The van der Waals surface area contributed by atoms with Gasteiger partial charge in [-0.3, -0.25) is 23.2 Å². The molecule has 2 heterocycles. The first-order valence-electron chi connectivity index (χ1n) is 12.0. The lowest BCUT2D eigenvalue weighted by Crippen LogP contribution is -2.50. The van der Waals surface area contributed by atoms with E-state index in [1.165, 1.54) is 26.1 Å². The summed E-state index contributed by atoms with van der Waals surface area (Å²) in [5, 5.41) is 15.6. The Hall–Kier alpha value is -2.42. The predicted molar refractivity (Wildman–Crippen MR) is 133 cm³/mol. The van der Waals surface area contributed by atoms with E-state index in [0.29, 0.717) is 0 Å². The van der Waals surface area contributed by atoms with Crippen LogP contribution in [0.5, 0.6) is 0 Å². The van der Waals surface area contributed by atoms with Crippen LogP contribution < -0.4 is 21.6 Å². The van der Waals surface area contributed by atoms with Crippen LogP contribution in [0.2, 0.25) is 0 Å². The Kier molecular flexibility index (Phi) is 10.2. The van der Waals surface area contributed by atoms with Gasteiger partial charge in [0.1, 0.15) is 36.3 Å². The molecular weight excluding hydrogens is 528 g/mol. The fraction of sp³-hybridized carbons (Fsp3) is 0.727. The molecule has 2 rings (SSSR count). The van der Waals surface area contributed by atoms with Crippen LogP contribution in [0.25, 0.3) is 0 Å². The number of carbonyl (C=O) groups is 2. The number of aliphatic hydroxyl groups is 1. The van der Waals surface area contributed by atoms with Gasteiger partial charge in [0, 0.05) is 12.6 Å². The van der Waals surface area contributed by atoms with Crippen molar-refractivity contribution in [2.24, 2.45) is 0 Å². The zero-order valence-corrected chi connectivity index (χ0v) is 23.4. The Morgan fingerprint density at radius 3 is 2.16 bits per heavy atom. The van der Waals surface area contributed by atoms with Crippen molar-refractivity contribution in [2.75, 3.05) is 12.3 Å². The molecule has 0 amide bonds. The molecule has 5 atom stereocenters. The number of carbonyl (C=O) groups excluding carboxylic acids is 2. The molecule has 38 heavy (non-hydrogen) atoms. The van der Waals surface area contributed by atoms with Gasteiger partial charge in [0.15, 0.2) is 0 Å². The highest BCUT2D eigenvalue weighted by atomic mass is 31.2. The maximum atomic E-state index is 16.0. The van der Waals surface area contributed by atoms with Crippen molar-refractivity contribution < 1.29 is 42.4 Å². The van der Waals surface area contributed by atoms with Gasteiger partial charge in [-0.2, -0.15) is 4.98 Å². The van der Waals surface area contributed by atoms with Gasteiger partial charge in [-0.25, -0.2) is 19.4 Å². The number of halogens is 1. The molecule has 1 saturated heterocycles. The maximum Gasteiger partial charge on any atom is 0.351 e. The predicted octanol–water partition coefficient (Wildman–Crippen LogP) is 1.15. The minimum atomic E-state index is -4.42. The zero-order valence-electron chi connectivity index (χ0n) is 22.5. The molecule has 14 nitrogen and oxygen atoms in total. The number of alkyl halides is 1. The molecule has 0 aliphatic carbocycles. The molecule has 0 aromatic carbocycles. The molecule has 5 N–H and O–H groups in total. The number of esters is 2. The first-order chi connectivity index (χ1) is 17.4. The molecule has 1 aromatic heterocycles. The minimum Gasteiger partial charge on any atom is -0.462 e. The third-order valence-electron chi connectivity index (χ3n) is 5.43. The van der Waals surface area contributed by atoms with Crippen molar-refractivity contribution in [3.8, 4) is 0 Å². The summed E-state index contributed by atoms with van der Waals surface area (Å²) in [6.07, 6.45) is -1.40. The Morgan fingerprint density at radius 2 is 1.71 bits per heavy atom. The fourth-order valence-corrected chi connectivity index (χ4v) is 5.24. The average molecular weight is 566 g/mol. The van der Waals surface area contributed by atoms with E-state index in [1.807, 2.05) is 0 Å². The summed E-state index contributed by atoms with van der Waals surface area (Å²) in [6.45, 7) is 9.14. The number of nitrogens with one attached hydrogen (secondary N) is 2. The third kappa shape index (κ3) is 8.04. The van der Waals surface area contributed by atoms with Gasteiger partial charge < -0.3 is 25.1 Å². The maximum absolute atomic E-state index is 16.0. The number of aromatic nitrogens is 2. The third-order valence-corrected chi connectivity index (χ3v) is 7.38. The highest BCUT2D eigenvalue weighted by Gasteiger charge is 2.59. The van der Waals surface area contributed by atoms with Crippen LogP contribution in [0.1, 0.15) is 61.1 Å². The smallest absolute Gasteiger partial charge is 0.351 e. The number of hydrogen-bond donors (Lipinski definition) is 4. The van der Waals surface area contributed by atoms with Crippen molar-refractivity contribution in [1.82, 2.24) is 19.7 Å².